The van der Waals surface area contributed by atoms with Crippen LogP contribution in [0.1, 0.15) is 51.8 Å². The smallest absolute Gasteiger partial charge is 0.244 e. The van der Waals surface area contributed by atoms with Gasteiger partial charge in [0.2, 0.25) is 5.91 Å². The normalized spacial score (nSPS) is 26.9. The van der Waals surface area contributed by atoms with Crippen LogP contribution in [-0.4, -0.2) is 22.4 Å². The first kappa shape index (κ1) is 13.6. The molecule has 3 nitrogen and oxygen atoms in total. The molecule has 0 bridgehead atoms. The van der Waals surface area contributed by atoms with Gasteiger partial charge < -0.3 is 4.90 Å². The summed E-state index contributed by atoms with van der Waals surface area (Å²) >= 11 is 0. The molecule has 1 amide bonds. The first-order chi connectivity index (χ1) is 9.59. The third-order valence-electron chi connectivity index (χ3n) is 5.11. The lowest BCUT2D eigenvalue weighted by atomic mass is 9.98. The number of nitrogens with one attached hydrogen (secondary N) is 1. The van der Waals surface area contributed by atoms with Gasteiger partial charge in [0.25, 0.3) is 0 Å². The summed E-state index contributed by atoms with van der Waals surface area (Å²) in [5, 5.41) is 3.59. The minimum atomic E-state index is -0.248. The Bertz CT molecular complexity index is 495. The molecular formula is C17H24N2O. The van der Waals surface area contributed by atoms with Gasteiger partial charge in [-0.2, -0.15) is 0 Å². The fourth-order valence-corrected chi connectivity index (χ4v) is 3.16. The van der Waals surface area contributed by atoms with Crippen molar-refractivity contribution in [1.82, 2.24) is 10.2 Å². The molecule has 1 aliphatic carbocycles. The Kier molecular flexibility index (Phi) is 3.33. The van der Waals surface area contributed by atoms with Crippen molar-refractivity contribution in [2.45, 2.75) is 57.8 Å². The van der Waals surface area contributed by atoms with Crippen molar-refractivity contribution < 1.29 is 4.79 Å². The first-order valence-electron chi connectivity index (χ1n) is 7.74. The second-order valence-electron chi connectivity index (χ2n) is 6.38. The molecule has 3 rings (SSSR count). The van der Waals surface area contributed by atoms with Crippen LogP contribution in [0.4, 0.5) is 0 Å². The van der Waals surface area contributed by atoms with Gasteiger partial charge in [0.1, 0.15) is 11.7 Å². The zero-order valence-corrected chi connectivity index (χ0v) is 12.6. The van der Waals surface area contributed by atoms with Gasteiger partial charge in [0.05, 0.1) is 0 Å². The van der Waals surface area contributed by atoms with E-state index in [1.165, 1.54) is 5.56 Å². The first-order valence-corrected chi connectivity index (χ1v) is 7.74. The van der Waals surface area contributed by atoms with Crippen LogP contribution in [0.2, 0.25) is 0 Å². The van der Waals surface area contributed by atoms with Gasteiger partial charge in [-0.25, -0.2) is 0 Å². The summed E-state index contributed by atoms with van der Waals surface area (Å²) in [5.41, 5.74) is 0.946. The summed E-state index contributed by atoms with van der Waals surface area (Å²) in [7, 11) is 0. The molecular weight excluding hydrogens is 248 g/mol. The molecule has 2 fully saturated rings. The van der Waals surface area contributed by atoms with Gasteiger partial charge in [-0.15, -0.1) is 0 Å². The van der Waals surface area contributed by atoms with Crippen molar-refractivity contribution >= 4 is 5.91 Å². The molecule has 1 N–H and O–H groups in total. The highest BCUT2D eigenvalue weighted by Gasteiger charge is 2.60. The second kappa shape index (κ2) is 4.88. The summed E-state index contributed by atoms with van der Waals surface area (Å²) in [4.78, 5) is 14.9. The van der Waals surface area contributed by atoms with Crippen LogP contribution in [0.5, 0.6) is 0 Å². The van der Waals surface area contributed by atoms with E-state index in [-0.39, 0.29) is 17.7 Å². The Labute approximate surface area is 121 Å². The van der Waals surface area contributed by atoms with E-state index < -0.39 is 0 Å². The molecule has 1 heterocycles. The van der Waals surface area contributed by atoms with Crippen molar-refractivity contribution in [3.63, 3.8) is 0 Å². The van der Waals surface area contributed by atoms with E-state index in [0.717, 1.165) is 19.3 Å². The van der Waals surface area contributed by atoms with Gasteiger partial charge in [-0.1, -0.05) is 50.6 Å². The van der Waals surface area contributed by atoms with E-state index in [0.29, 0.717) is 11.8 Å². The largest absolute Gasteiger partial charge is 0.318 e. The number of hydrogen-bond acceptors (Lipinski definition) is 2. The molecule has 20 heavy (non-hydrogen) atoms. The van der Waals surface area contributed by atoms with Crippen LogP contribution in [0.15, 0.2) is 30.3 Å². The standard InChI is InChI=1S/C17H24N2O/c1-4-12(2)13(3)19-15(14-8-6-5-7-9-14)18-17(10-11-17)16(19)20/h5-9,12-13,15,18H,4,10-11H2,1-3H3. The lowest BCUT2D eigenvalue weighted by molar-refractivity contribution is -0.133. The summed E-state index contributed by atoms with van der Waals surface area (Å²) in [6.07, 6.45) is 3.10. The van der Waals surface area contributed by atoms with E-state index >= 15 is 0 Å². The van der Waals surface area contributed by atoms with E-state index in [1.807, 2.05) is 18.2 Å². The van der Waals surface area contributed by atoms with Gasteiger partial charge in [0, 0.05) is 6.04 Å². The van der Waals surface area contributed by atoms with Crippen molar-refractivity contribution in [2.24, 2.45) is 5.92 Å². The minimum Gasteiger partial charge on any atom is -0.318 e. The van der Waals surface area contributed by atoms with Crippen LogP contribution in [0, 0.1) is 5.92 Å². The average molecular weight is 272 g/mol. The molecule has 1 saturated heterocycles. The fourth-order valence-electron chi connectivity index (χ4n) is 3.16. The predicted molar refractivity (Wildman–Crippen MR) is 80.0 cm³/mol. The van der Waals surface area contributed by atoms with E-state index in [2.05, 4.69) is 43.1 Å². The number of rotatable bonds is 4. The van der Waals surface area contributed by atoms with Crippen molar-refractivity contribution in [3.8, 4) is 0 Å². The summed E-state index contributed by atoms with van der Waals surface area (Å²) in [5.74, 6) is 0.819. The lowest BCUT2D eigenvalue weighted by Gasteiger charge is -2.34. The van der Waals surface area contributed by atoms with E-state index in [4.69, 9.17) is 0 Å². The monoisotopic (exact) mass is 272 g/mol. The molecule has 1 saturated carbocycles. The van der Waals surface area contributed by atoms with Crippen LogP contribution in [0.25, 0.3) is 0 Å². The van der Waals surface area contributed by atoms with Crippen molar-refractivity contribution in [2.75, 3.05) is 0 Å². The van der Waals surface area contributed by atoms with Crippen LogP contribution >= 0.6 is 0 Å². The molecule has 3 heteroatoms. The minimum absolute atomic E-state index is 0.0372. The second-order valence-corrected chi connectivity index (χ2v) is 6.38. The Balaban J connectivity index is 1.93. The van der Waals surface area contributed by atoms with Gasteiger partial charge in [-0.05, 0) is 31.2 Å². The molecule has 1 aliphatic heterocycles. The molecule has 2 aliphatic rings. The van der Waals surface area contributed by atoms with Crippen molar-refractivity contribution in [3.05, 3.63) is 35.9 Å². The lowest BCUT2D eigenvalue weighted by Crippen LogP contribution is -2.42. The van der Waals surface area contributed by atoms with Crippen LogP contribution < -0.4 is 5.32 Å². The average Bonchev–Trinajstić information content (AvgIpc) is 3.20. The number of carbonyl (C=O) groups excluding carboxylic acids is 1. The zero-order chi connectivity index (χ0) is 14.3. The molecule has 108 valence electrons. The number of nitrogens with zero attached hydrogens (tertiary/aromatic N) is 1. The highest BCUT2D eigenvalue weighted by Crippen LogP contribution is 2.47. The van der Waals surface area contributed by atoms with Gasteiger partial charge in [0.15, 0.2) is 0 Å². The maximum absolute atomic E-state index is 12.8. The Morgan fingerprint density at radius 3 is 2.50 bits per heavy atom. The summed E-state index contributed by atoms with van der Waals surface area (Å²) in [6.45, 7) is 6.61. The summed E-state index contributed by atoms with van der Waals surface area (Å²) < 4.78 is 0. The highest BCUT2D eigenvalue weighted by atomic mass is 16.2. The summed E-state index contributed by atoms with van der Waals surface area (Å²) in [6, 6.07) is 10.6. The Morgan fingerprint density at radius 2 is 1.95 bits per heavy atom. The van der Waals surface area contributed by atoms with Crippen molar-refractivity contribution in [1.29, 1.82) is 0 Å². The Hall–Kier alpha value is -1.35. The number of benzene rings is 1. The predicted octanol–water partition coefficient (Wildman–Crippen LogP) is 3.08. The zero-order valence-electron chi connectivity index (χ0n) is 12.6. The molecule has 3 unspecified atom stereocenters. The molecule has 0 aromatic heterocycles. The SMILES string of the molecule is CCC(C)C(C)N1C(=O)C2(CC2)NC1c1ccccc1. The number of carbonyl (C=O) groups is 1. The topological polar surface area (TPSA) is 32.3 Å². The quantitative estimate of drug-likeness (QED) is 0.913. The maximum atomic E-state index is 12.8. The molecule has 3 atom stereocenters. The van der Waals surface area contributed by atoms with E-state index in [1.54, 1.807) is 0 Å². The Morgan fingerprint density at radius 1 is 1.30 bits per heavy atom. The van der Waals surface area contributed by atoms with Crippen LogP contribution in [-0.2, 0) is 4.79 Å². The number of hydrogen-bond donors (Lipinski definition) is 1. The van der Waals surface area contributed by atoms with Gasteiger partial charge in [-0.3, -0.25) is 10.1 Å². The third-order valence-corrected chi connectivity index (χ3v) is 5.11. The number of amides is 1. The fraction of sp³-hybridized carbons (Fsp3) is 0.588. The van der Waals surface area contributed by atoms with Gasteiger partial charge >= 0.3 is 0 Å². The van der Waals surface area contributed by atoms with Crippen LogP contribution in [0.3, 0.4) is 0 Å². The molecule has 1 aromatic carbocycles. The molecule has 1 spiro atoms. The maximum Gasteiger partial charge on any atom is 0.244 e. The highest BCUT2D eigenvalue weighted by molar-refractivity contribution is 5.92. The third kappa shape index (κ3) is 2.05. The molecule has 0 radical (unpaired) electrons. The molecule has 1 aromatic rings. The van der Waals surface area contributed by atoms with E-state index in [9.17, 15) is 4.79 Å².